The highest BCUT2D eigenvalue weighted by atomic mass is 32.2. The SMILES string of the molecule is CCc1cc(C)cc(CC)c1C1=C([OH2+])CC(C(C)CS(=O)c2ccc(C(F)(F)F)nn2)CC1=O. The lowest BCUT2D eigenvalue weighted by molar-refractivity contribution is -0.141. The Kier molecular flexibility index (Phi) is 7.95. The second-order valence-corrected chi connectivity index (χ2v) is 10.3. The Morgan fingerprint density at radius 3 is 2.21 bits per heavy atom. The number of hydrogen-bond donors (Lipinski definition) is 0. The molecule has 0 amide bonds. The molecule has 1 heterocycles. The molecular formula is C25H30F3N2O3S+. The minimum absolute atomic E-state index is 0.0239. The summed E-state index contributed by atoms with van der Waals surface area (Å²) in [6.07, 6.45) is -2.44. The number of halogens is 3. The Bertz CT molecular complexity index is 1100. The number of carbonyl (C=O) groups is 1. The van der Waals surface area contributed by atoms with Gasteiger partial charge in [-0.25, -0.2) is 0 Å². The van der Waals surface area contributed by atoms with Gasteiger partial charge in [0, 0.05) is 17.7 Å². The van der Waals surface area contributed by atoms with Crippen LogP contribution in [0.2, 0.25) is 0 Å². The lowest BCUT2D eigenvalue weighted by Crippen LogP contribution is -2.27. The summed E-state index contributed by atoms with van der Waals surface area (Å²) in [4.78, 5) is 13.2. The first-order valence-electron chi connectivity index (χ1n) is 11.4. The van der Waals surface area contributed by atoms with Gasteiger partial charge in [-0.1, -0.05) is 38.5 Å². The Hall–Kier alpha value is -2.55. The number of carbonyl (C=O) groups excluding carboxylic acids is 1. The van der Waals surface area contributed by atoms with Crippen LogP contribution < -0.4 is 0 Å². The molecule has 1 aromatic heterocycles. The molecule has 0 aliphatic heterocycles. The fourth-order valence-corrected chi connectivity index (χ4v) is 5.78. The zero-order valence-electron chi connectivity index (χ0n) is 19.8. The average molecular weight is 496 g/mol. The predicted molar refractivity (Wildman–Crippen MR) is 126 cm³/mol. The predicted octanol–water partition coefficient (Wildman–Crippen LogP) is 4.79. The van der Waals surface area contributed by atoms with Gasteiger partial charge in [-0.3, -0.25) is 9.00 Å². The van der Waals surface area contributed by atoms with E-state index in [2.05, 4.69) is 22.3 Å². The minimum Gasteiger partial charge on any atom is -0.596 e. The molecule has 3 rings (SSSR count). The number of nitrogens with zero attached hydrogens (tertiary/aromatic N) is 2. The van der Waals surface area contributed by atoms with Crippen molar-refractivity contribution in [2.45, 2.75) is 64.6 Å². The van der Waals surface area contributed by atoms with Crippen molar-refractivity contribution in [1.82, 2.24) is 10.2 Å². The van der Waals surface area contributed by atoms with Crippen molar-refractivity contribution >= 4 is 22.2 Å². The largest absolute Gasteiger partial charge is 0.596 e. The summed E-state index contributed by atoms with van der Waals surface area (Å²) in [6.45, 7) is 7.96. The molecule has 0 bridgehead atoms. The smallest absolute Gasteiger partial charge is 0.435 e. The van der Waals surface area contributed by atoms with E-state index in [9.17, 15) is 22.2 Å². The third-order valence-electron chi connectivity index (χ3n) is 6.34. The van der Waals surface area contributed by atoms with Crippen LogP contribution in [-0.2, 0) is 34.6 Å². The van der Waals surface area contributed by atoms with Crippen LogP contribution in [0.15, 0.2) is 35.1 Å². The number of alkyl halides is 3. The molecule has 3 unspecified atom stereocenters. The maximum Gasteiger partial charge on any atom is 0.435 e. The molecule has 1 aliphatic carbocycles. The summed E-state index contributed by atoms with van der Waals surface area (Å²) < 4.78 is 50.7. The second-order valence-electron chi connectivity index (χ2n) is 8.85. The van der Waals surface area contributed by atoms with Crippen LogP contribution in [-0.4, -0.2) is 31.0 Å². The van der Waals surface area contributed by atoms with Crippen molar-refractivity contribution in [3.63, 3.8) is 0 Å². The number of allylic oxidation sites excluding steroid dienone is 2. The van der Waals surface area contributed by atoms with Crippen LogP contribution in [0.5, 0.6) is 0 Å². The number of rotatable bonds is 7. The van der Waals surface area contributed by atoms with Crippen LogP contribution in [0.4, 0.5) is 13.2 Å². The molecule has 3 atom stereocenters. The van der Waals surface area contributed by atoms with Crippen molar-refractivity contribution in [2.24, 2.45) is 11.8 Å². The fourth-order valence-electron chi connectivity index (χ4n) is 4.51. The fraction of sp³-hybridized carbons (Fsp3) is 0.480. The standard InChI is InChI=1S/C25H29F3N2O3S/c1-5-16-9-14(3)10-17(6-2)23(16)24-19(31)11-18(12-20(24)32)15(4)13-34(33)22-8-7-21(29-30-22)25(26,27)28/h7-10,15,18,31H,5-6,11-13H2,1-4H3/p+1. The highest BCUT2D eigenvalue weighted by Gasteiger charge is 2.37. The third kappa shape index (κ3) is 5.56. The lowest BCUT2D eigenvalue weighted by atomic mass is 9.76. The van der Waals surface area contributed by atoms with Crippen molar-refractivity contribution in [3.05, 3.63) is 58.0 Å². The van der Waals surface area contributed by atoms with E-state index in [1.807, 2.05) is 27.7 Å². The normalized spacial score (nSPS) is 18.8. The summed E-state index contributed by atoms with van der Waals surface area (Å²) >= 11 is 0. The van der Waals surface area contributed by atoms with Gasteiger partial charge in [-0.05, 0) is 54.9 Å². The maximum atomic E-state index is 13.2. The summed E-state index contributed by atoms with van der Waals surface area (Å²) in [7, 11) is -1.66. The van der Waals surface area contributed by atoms with Crippen molar-refractivity contribution in [2.75, 3.05) is 5.75 Å². The first-order chi connectivity index (χ1) is 16.0. The first-order valence-corrected chi connectivity index (χ1v) is 12.7. The molecular weight excluding hydrogens is 465 g/mol. The zero-order valence-corrected chi connectivity index (χ0v) is 20.6. The average Bonchev–Trinajstić information content (AvgIpc) is 2.78. The van der Waals surface area contributed by atoms with Gasteiger partial charge in [0.05, 0.1) is 17.2 Å². The zero-order chi connectivity index (χ0) is 25.2. The number of Topliss-reactive ketones (excluding diaryl/α,β-unsaturated/α-hetero) is 1. The van der Waals surface area contributed by atoms with E-state index >= 15 is 0 Å². The lowest BCUT2D eigenvalue weighted by Gasteiger charge is -2.27. The molecule has 0 saturated carbocycles. The monoisotopic (exact) mass is 495 g/mol. The molecule has 2 N–H and O–H groups in total. The second kappa shape index (κ2) is 10.4. The molecule has 2 aromatic rings. The Morgan fingerprint density at radius 2 is 1.74 bits per heavy atom. The van der Waals surface area contributed by atoms with Crippen molar-refractivity contribution < 1.29 is 27.3 Å². The summed E-state index contributed by atoms with van der Waals surface area (Å²) in [5.41, 5.74) is 3.52. The van der Waals surface area contributed by atoms with Crippen LogP contribution in [0.3, 0.4) is 0 Å². The van der Waals surface area contributed by atoms with Gasteiger partial charge in [-0.15, -0.1) is 10.2 Å². The minimum atomic E-state index is -4.61. The molecule has 34 heavy (non-hydrogen) atoms. The molecule has 1 aromatic carbocycles. The molecule has 184 valence electrons. The van der Waals surface area contributed by atoms with Gasteiger partial charge in [0.25, 0.3) is 0 Å². The summed E-state index contributed by atoms with van der Waals surface area (Å²) in [5, 5.41) is 15.3. The first kappa shape index (κ1) is 26.1. The molecule has 0 fully saturated rings. The summed E-state index contributed by atoms with van der Waals surface area (Å²) in [6, 6.07) is 5.99. The van der Waals surface area contributed by atoms with Crippen LogP contribution >= 0.6 is 0 Å². The van der Waals surface area contributed by atoms with E-state index in [1.54, 1.807) is 0 Å². The Labute approximate surface area is 200 Å². The van der Waals surface area contributed by atoms with E-state index < -0.39 is 22.7 Å². The van der Waals surface area contributed by atoms with Gasteiger partial charge < -0.3 is 5.11 Å². The molecule has 5 nitrogen and oxygen atoms in total. The van der Waals surface area contributed by atoms with Gasteiger partial charge in [0.2, 0.25) is 5.76 Å². The van der Waals surface area contributed by atoms with Gasteiger partial charge in [0.15, 0.2) is 11.5 Å². The molecule has 0 spiro atoms. The van der Waals surface area contributed by atoms with Crippen molar-refractivity contribution in [3.8, 4) is 0 Å². The molecule has 9 heteroatoms. The quantitative estimate of drug-likeness (QED) is 0.517. The molecule has 1 aliphatic rings. The van der Waals surface area contributed by atoms with E-state index in [0.717, 1.165) is 47.2 Å². The number of aromatic nitrogens is 2. The van der Waals surface area contributed by atoms with E-state index in [0.29, 0.717) is 17.8 Å². The van der Waals surface area contributed by atoms with Crippen molar-refractivity contribution in [1.29, 1.82) is 0 Å². The van der Waals surface area contributed by atoms with Crippen LogP contribution in [0.25, 0.3) is 5.57 Å². The molecule has 0 radical (unpaired) electrons. The number of benzene rings is 1. The highest BCUT2D eigenvalue weighted by Crippen LogP contribution is 2.39. The van der Waals surface area contributed by atoms with Gasteiger partial charge in [-0.2, -0.15) is 13.2 Å². The van der Waals surface area contributed by atoms with E-state index in [4.69, 9.17) is 5.11 Å². The van der Waals surface area contributed by atoms with E-state index in [1.165, 1.54) is 0 Å². The van der Waals surface area contributed by atoms with Crippen LogP contribution in [0, 0.1) is 18.8 Å². The van der Waals surface area contributed by atoms with E-state index in [-0.39, 0.29) is 34.8 Å². The van der Waals surface area contributed by atoms with Gasteiger partial charge in [0.1, 0.15) is 10.6 Å². The summed E-state index contributed by atoms with van der Waals surface area (Å²) in [5.74, 6) is -0.0188. The van der Waals surface area contributed by atoms with Crippen LogP contribution in [0.1, 0.15) is 61.6 Å². The highest BCUT2D eigenvalue weighted by molar-refractivity contribution is 7.84. The number of hydrogen-bond acceptors (Lipinski definition) is 4. The topological polar surface area (TPSA) is 82.8 Å². The maximum absolute atomic E-state index is 13.2. The Balaban J connectivity index is 1.80. The number of ketones is 1. The van der Waals surface area contributed by atoms with Gasteiger partial charge >= 0.3 is 6.18 Å². The Morgan fingerprint density at radius 1 is 1.12 bits per heavy atom. The molecule has 0 saturated heterocycles. The number of aryl methyl sites for hydroxylation is 3. The third-order valence-corrected chi connectivity index (χ3v) is 7.85.